The number of carboxylic acids is 1. The zero-order chi connectivity index (χ0) is 24.1. The first-order valence-corrected chi connectivity index (χ1v) is 9.52. The van der Waals surface area contributed by atoms with E-state index in [1.165, 1.54) is 30.3 Å². The monoisotopic (exact) mass is 464 g/mol. The molecule has 0 spiro atoms. The Morgan fingerprint density at radius 1 is 0.788 bits per heavy atom. The highest BCUT2D eigenvalue weighted by Gasteiger charge is 2.32. The summed E-state index contributed by atoms with van der Waals surface area (Å²) in [5, 5.41) is 9.86. The number of hydrogen-bond donors (Lipinski definition) is 1. The van der Waals surface area contributed by atoms with Crippen LogP contribution in [0.15, 0.2) is 65.1 Å². The van der Waals surface area contributed by atoms with Gasteiger partial charge in [0.25, 0.3) is 0 Å². The van der Waals surface area contributed by atoms with Crippen LogP contribution in [0.3, 0.4) is 0 Å². The molecule has 4 rings (SSSR count). The second-order valence-corrected chi connectivity index (χ2v) is 7.45. The Hall–Kier alpha value is -3.75. The summed E-state index contributed by atoms with van der Waals surface area (Å²) in [4.78, 5) is 11.9. The van der Waals surface area contributed by atoms with E-state index in [4.69, 9.17) is 4.42 Å². The lowest BCUT2D eigenvalue weighted by atomic mass is 9.94. The molecule has 3 nitrogen and oxygen atoms in total. The van der Waals surface area contributed by atoms with Crippen LogP contribution in [0.4, 0.5) is 26.3 Å². The summed E-state index contributed by atoms with van der Waals surface area (Å²) >= 11 is 0. The van der Waals surface area contributed by atoms with Gasteiger partial charge < -0.3 is 9.52 Å². The van der Waals surface area contributed by atoms with Crippen LogP contribution in [0.2, 0.25) is 0 Å². The van der Waals surface area contributed by atoms with Crippen LogP contribution >= 0.6 is 0 Å². The number of alkyl halides is 6. The minimum Gasteiger partial charge on any atom is -0.478 e. The van der Waals surface area contributed by atoms with Crippen molar-refractivity contribution in [2.75, 3.05) is 0 Å². The molecule has 1 heterocycles. The SMILES string of the molecule is Cc1cc(C(=O)O)c2c(-c3ccc(C(F)(F)F)cc3)c(-c3ccc(C(F)(F)F)cc3)oc2c1. The number of rotatable bonds is 3. The van der Waals surface area contributed by atoms with Crippen LogP contribution < -0.4 is 0 Å². The molecule has 0 atom stereocenters. The molecule has 0 bridgehead atoms. The number of aromatic carboxylic acids is 1. The summed E-state index contributed by atoms with van der Waals surface area (Å²) < 4.78 is 83.8. The van der Waals surface area contributed by atoms with Gasteiger partial charge in [-0.3, -0.25) is 0 Å². The molecule has 0 aliphatic rings. The molecule has 9 heteroatoms. The standard InChI is InChI=1S/C24H14F6O3/c1-12-10-17(22(31)32)20-18(11-12)33-21(14-4-8-16(9-5-14)24(28,29)30)19(20)13-2-6-15(7-3-13)23(25,26)27/h2-11H,1H3,(H,31,32). The van der Waals surface area contributed by atoms with Crippen molar-refractivity contribution in [1.29, 1.82) is 0 Å². The van der Waals surface area contributed by atoms with Gasteiger partial charge >= 0.3 is 18.3 Å². The molecule has 1 aromatic heterocycles. The van der Waals surface area contributed by atoms with Crippen LogP contribution in [0.25, 0.3) is 33.4 Å². The fraction of sp³-hybridized carbons (Fsp3) is 0.125. The van der Waals surface area contributed by atoms with Crippen molar-refractivity contribution in [1.82, 2.24) is 0 Å². The van der Waals surface area contributed by atoms with Crippen LogP contribution in [-0.4, -0.2) is 11.1 Å². The second kappa shape index (κ2) is 7.68. The van der Waals surface area contributed by atoms with Crippen molar-refractivity contribution in [3.8, 4) is 22.5 Å². The normalized spacial score (nSPS) is 12.3. The van der Waals surface area contributed by atoms with E-state index in [1.807, 2.05) is 0 Å². The molecule has 0 aliphatic heterocycles. The Morgan fingerprint density at radius 3 is 1.73 bits per heavy atom. The number of aryl methyl sites for hydroxylation is 1. The third-order valence-electron chi connectivity index (χ3n) is 5.14. The van der Waals surface area contributed by atoms with Gasteiger partial charge in [0.15, 0.2) is 0 Å². The molecule has 0 fully saturated rings. The molecule has 0 saturated heterocycles. The molecule has 0 aliphatic carbocycles. The highest BCUT2D eigenvalue weighted by Crippen LogP contribution is 2.44. The lowest BCUT2D eigenvalue weighted by Crippen LogP contribution is -2.04. The second-order valence-electron chi connectivity index (χ2n) is 7.45. The van der Waals surface area contributed by atoms with Gasteiger partial charge in [0.1, 0.15) is 11.3 Å². The highest BCUT2D eigenvalue weighted by atomic mass is 19.4. The lowest BCUT2D eigenvalue weighted by molar-refractivity contribution is -0.138. The summed E-state index contributed by atoms with van der Waals surface area (Å²) in [5.74, 6) is -1.23. The minimum atomic E-state index is -4.57. The van der Waals surface area contributed by atoms with Gasteiger partial charge in [0.2, 0.25) is 0 Å². The van der Waals surface area contributed by atoms with Crippen molar-refractivity contribution in [2.24, 2.45) is 0 Å². The molecular formula is C24H14F6O3. The molecule has 1 N–H and O–H groups in total. The highest BCUT2D eigenvalue weighted by molar-refractivity contribution is 6.12. The topological polar surface area (TPSA) is 50.4 Å². The minimum absolute atomic E-state index is 0.0478. The quantitative estimate of drug-likeness (QED) is 0.315. The number of hydrogen-bond acceptors (Lipinski definition) is 2. The average molecular weight is 464 g/mol. The fourth-order valence-electron chi connectivity index (χ4n) is 3.65. The molecule has 33 heavy (non-hydrogen) atoms. The number of fused-ring (bicyclic) bond motifs is 1. The summed E-state index contributed by atoms with van der Waals surface area (Å²) in [6.45, 7) is 1.64. The molecule has 0 amide bonds. The molecule has 0 unspecified atom stereocenters. The van der Waals surface area contributed by atoms with Crippen molar-refractivity contribution in [3.05, 3.63) is 82.9 Å². The van der Waals surface area contributed by atoms with Gasteiger partial charge in [0, 0.05) is 16.5 Å². The Bertz CT molecular complexity index is 1340. The maximum Gasteiger partial charge on any atom is 0.416 e. The maximum absolute atomic E-state index is 13.0. The predicted octanol–water partition coefficient (Wildman–Crippen LogP) is 7.81. The number of halogens is 6. The van der Waals surface area contributed by atoms with Gasteiger partial charge in [-0.05, 0) is 54.4 Å². The van der Waals surface area contributed by atoms with E-state index in [-0.39, 0.29) is 39.0 Å². The molecule has 0 radical (unpaired) electrons. The van der Waals surface area contributed by atoms with E-state index in [1.54, 1.807) is 13.0 Å². The summed E-state index contributed by atoms with van der Waals surface area (Å²) in [6.07, 6.45) is -9.13. The largest absolute Gasteiger partial charge is 0.478 e. The van der Waals surface area contributed by atoms with Gasteiger partial charge in [0.05, 0.1) is 16.7 Å². The Morgan fingerprint density at radius 2 is 1.27 bits per heavy atom. The van der Waals surface area contributed by atoms with Crippen molar-refractivity contribution >= 4 is 16.9 Å². The first kappa shape index (κ1) is 22.4. The van der Waals surface area contributed by atoms with E-state index in [9.17, 15) is 36.2 Å². The van der Waals surface area contributed by atoms with Crippen LogP contribution in [-0.2, 0) is 12.4 Å². The summed E-state index contributed by atoms with van der Waals surface area (Å²) in [7, 11) is 0. The van der Waals surface area contributed by atoms with E-state index in [0.717, 1.165) is 24.3 Å². The number of carbonyl (C=O) groups is 1. The fourth-order valence-corrected chi connectivity index (χ4v) is 3.65. The van der Waals surface area contributed by atoms with Crippen LogP contribution in [0.5, 0.6) is 0 Å². The third-order valence-corrected chi connectivity index (χ3v) is 5.14. The maximum atomic E-state index is 13.0. The summed E-state index contributed by atoms with van der Waals surface area (Å²) in [5.41, 5.74) is -0.600. The first-order chi connectivity index (χ1) is 15.4. The molecule has 4 aromatic rings. The van der Waals surface area contributed by atoms with E-state index in [2.05, 4.69) is 0 Å². The van der Waals surface area contributed by atoms with Crippen LogP contribution in [0.1, 0.15) is 27.0 Å². The number of benzene rings is 3. The molecule has 170 valence electrons. The Labute approximate surface area is 182 Å². The van der Waals surface area contributed by atoms with Gasteiger partial charge in [-0.15, -0.1) is 0 Å². The molecule has 3 aromatic carbocycles. The van der Waals surface area contributed by atoms with Crippen molar-refractivity contribution < 1.29 is 40.7 Å². The molecule has 0 saturated carbocycles. The van der Waals surface area contributed by atoms with E-state index in [0.29, 0.717) is 5.56 Å². The van der Waals surface area contributed by atoms with Gasteiger partial charge in [-0.1, -0.05) is 24.3 Å². The lowest BCUT2D eigenvalue weighted by Gasteiger charge is -2.10. The van der Waals surface area contributed by atoms with Gasteiger partial charge in [-0.2, -0.15) is 26.3 Å². The van der Waals surface area contributed by atoms with Gasteiger partial charge in [-0.25, -0.2) is 4.79 Å². The zero-order valence-electron chi connectivity index (χ0n) is 16.8. The number of furan rings is 1. The summed E-state index contributed by atoms with van der Waals surface area (Å²) in [6, 6.07) is 11.0. The first-order valence-electron chi connectivity index (χ1n) is 9.52. The Balaban J connectivity index is 2.01. The molecular weight excluding hydrogens is 450 g/mol. The van der Waals surface area contributed by atoms with Crippen molar-refractivity contribution in [2.45, 2.75) is 19.3 Å². The smallest absolute Gasteiger partial charge is 0.416 e. The van der Waals surface area contributed by atoms with E-state index < -0.39 is 29.4 Å². The average Bonchev–Trinajstić information content (AvgIpc) is 3.11. The van der Waals surface area contributed by atoms with Crippen LogP contribution in [0, 0.1) is 6.92 Å². The Kier molecular flexibility index (Phi) is 5.23. The third kappa shape index (κ3) is 4.18. The predicted molar refractivity (Wildman–Crippen MR) is 109 cm³/mol. The van der Waals surface area contributed by atoms with Crippen molar-refractivity contribution in [3.63, 3.8) is 0 Å². The zero-order valence-corrected chi connectivity index (χ0v) is 16.8. The van der Waals surface area contributed by atoms with E-state index >= 15 is 0 Å². The number of carboxylic acid groups (broad SMARTS) is 1.